The number of nitrogens with two attached hydrogens (primary N) is 1. The van der Waals surface area contributed by atoms with E-state index >= 15 is 0 Å². The van der Waals surface area contributed by atoms with Crippen LogP contribution in [0.25, 0.3) is 0 Å². The molecule has 3 atom stereocenters. The quantitative estimate of drug-likeness (QED) is 0.343. The standard InChI is InChI=1S/C9H16N2O3S2/c10-9(5-15-16(12,13)14)11-8-4-6-1-2-7(8)3-6/h6-8H,1-5H2,(H2,10,11)(H,12,13,14)/t6-,7-,8+/m1/s1. The molecule has 7 heteroatoms. The third-order valence-corrected chi connectivity index (χ3v) is 5.35. The molecule has 0 heterocycles. The average molecular weight is 264 g/mol. The van der Waals surface area contributed by atoms with E-state index < -0.39 is 9.15 Å². The first kappa shape index (κ1) is 12.2. The van der Waals surface area contributed by atoms with Gasteiger partial charge in [-0.05, 0) is 31.1 Å². The molecule has 0 aliphatic heterocycles. The number of aliphatic imine (C=N–C) groups is 1. The number of nitrogens with zero attached hydrogens (tertiary/aromatic N) is 1. The summed E-state index contributed by atoms with van der Waals surface area (Å²) >= 11 is 0. The minimum Gasteiger partial charge on any atom is -0.387 e. The Bertz CT molecular complexity index is 394. The van der Waals surface area contributed by atoms with Crippen molar-refractivity contribution >= 4 is 25.8 Å². The molecular formula is C9H16N2O3S2. The highest BCUT2D eigenvalue weighted by Crippen LogP contribution is 2.45. The van der Waals surface area contributed by atoms with Crippen LogP contribution in [0, 0.1) is 11.8 Å². The average Bonchev–Trinajstić information content (AvgIpc) is 2.75. The van der Waals surface area contributed by atoms with E-state index in [1.165, 1.54) is 19.3 Å². The third kappa shape index (κ3) is 3.11. The van der Waals surface area contributed by atoms with Crippen molar-refractivity contribution in [1.82, 2.24) is 0 Å². The summed E-state index contributed by atoms with van der Waals surface area (Å²) in [6.07, 6.45) is 4.85. The number of fused-ring (bicyclic) bond motifs is 2. The van der Waals surface area contributed by atoms with Crippen molar-refractivity contribution < 1.29 is 13.0 Å². The van der Waals surface area contributed by atoms with Crippen LogP contribution in [-0.2, 0) is 9.15 Å². The Balaban J connectivity index is 1.87. The van der Waals surface area contributed by atoms with E-state index in [1.54, 1.807) is 0 Å². The Morgan fingerprint density at radius 2 is 2.19 bits per heavy atom. The minimum absolute atomic E-state index is 0.0483. The largest absolute Gasteiger partial charge is 0.387 e. The van der Waals surface area contributed by atoms with Crippen LogP contribution in [0.15, 0.2) is 4.99 Å². The number of rotatable bonds is 4. The second-order valence-corrected chi connectivity index (χ2v) is 7.90. The van der Waals surface area contributed by atoms with Gasteiger partial charge in [0.15, 0.2) is 0 Å². The first-order valence-electron chi connectivity index (χ1n) is 5.38. The second-order valence-electron chi connectivity index (χ2n) is 4.55. The molecule has 0 aromatic heterocycles. The lowest BCUT2D eigenvalue weighted by molar-refractivity contribution is 0.420. The summed E-state index contributed by atoms with van der Waals surface area (Å²) in [4.78, 5) is 4.36. The van der Waals surface area contributed by atoms with Gasteiger partial charge >= 0.3 is 9.15 Å². The summed E-state index contributed by atoms with van der Waals surface area (Å²) in [6.45, 7) is 0. The number of amidine groups is 1. The second kappa shape index (κ2) is 4.54. The Kier molecular flexibility index (Phi) is 3.46. The molecule has 3 N–H and O–H groups in total. The van der Waals surface area contributed by atoms with Crippen molar-refractivity contribution in [2.45, 2.75) is 31.7 Å². The van der Waals surface area contributed by atoms with Crippen molar-refractivity contribution in [3.05, 3.63) is 0 Å². The van der Waals surface area contributed by atoms with Crippen molar-refractivity contribution in [1.29, 1.82) is 0 Å². The SMILES string of the molecule is NC(CSS(=O)(=O)O)=N[C@H]1C[C@@H]2CC[C@@H]1C2. The van der Waals surface area contributed by atoms with Gasteiger partial charge in [0.05, 0.1) is 11.8 Å². The van der Waals surface area contributed by atoms with E-state index in [1.807, 2.05) is 0 Å². The van der Waals surface area contributed by atoms with E-state index in [-0.39, 0.29) is 11.8 Å². The number of hydrogen-bond acceptors (Lipinski definition) is 4. The molecule has 5 nitrogen and oxygen atoms in total. The lowest BCUT2D eigenvalue weighted by Gasteiger charge is -2.17. The van der Waals surface area contributed by atoms with Gasteiger partial charge < -0.3 is 5.73 Å². The molecular weight excluding hydrogens is 248 g/mol. The monoisotopic (exact) mass is 264 g/mol. The molecule has 16 heavy (non-hydrogen) atoms. The summed E-state index contributed by atoms with van der Waals surface area (Å²) in [5.41, 5.74) is 5.65. The maximum atomic E-state index is 10.5. The van der Waals surface area contributed by atoms with Crippen LogP contribution < -0.4 is 5.73 Å². The fraction of sp³-hybridized carbons (Fsp3) is 0.889. The van der Waals surface area contributed by atoms with E-state index in [0.29, 0.717) is 22.5 Å². The van der Waals surface area contributed by atoms with E-state index in [0.717, 1.165) is 12.3 Å². The highest BCUT2D eigenvalue weighted by Gasteiger charge is 2.39. The maximum Gasteiger partial charge on any atom is 0.320 e. The zero-order valence-corrected chi connectivity index (χ0v) is 10.5. The van der Waals surface area contributed by atoms with Crippen LogP contribution in [0.3, 0.4) is 0 Å². The molecule has 0 saturated heterocycles. The van der Waals surface area contributed by atoms with Gasteiger partial charge in [-0.2, -0.15) is 8.42 Å². The normalized spacial score (nSPS) is 34.6. The van der Waals surface area contributed by atoms with Gasteiger partial charge in [-0.15, -0.1) is 0 Å². The highest BCUT2D eigenvalue weighted by atomic mass is 33.1. The molecule has 0 spiro atoms. The zero-order chi connectivity index (χ0) is 11.8. The Morgan fingerprint density at radius 1 is 1.44 bits per heavy atom. The third-order valence-electron chi connectivity index (χ3n) is 3.39. The summed E-state index contributed by atoms with van der Waals surface area (Å²) in [5.74, 6) is 1.80. The fourth-order valence-corrected chi connectivity index (χ4v) is 3.91. The highest BCUT2D eigenvalue weighted by molar-refractivity contribution is 8.70. The molecule has 2 rings (SSSR count). The Hall–Kier alpha value is -0.270. The summed E-state index contributed by atoms with van der Waals surface area (Å²) < 4.78 is 29.6. The van der Waals surface area contributed by atoms with Gasteiger partial charge in [0, 0.05) is 10.8 Å². The summed E-state index contributed by atoms with van der Waals surface area (Å²) in [6, 6.07) is 0.278. The van der Waals surface area contributed by atoms with Gasteiger partial charge in [0.2, 0.25) is 0 Å². The summed E-state index contributed by atoms with van der Waals surface area (Å²) in [5, 5.41) is 0. The summed E-state index contributed by atoms with van der Waals surface area (Å²) in [7, 11) is -3.59. The first-order valence-corrected chi connectivity index (χ1v) is 8.32. The van der Waals surface area contributed by atoms with Gasteiger partial charge in [-0.3, -0.25) is 9.55 Å². The van der Waals surface area contributed by atoms with Crippen LogP contribution in [-0.4, -0.2) is 30.6 Å². The smallest absolute Gasteiger partial charge is 0.320 e. The zero-order valence-electron chi connectivity index (χ0n) is 8.87. The van der Waals surface area contributed by atoms with Crippen LogP contribution in [0.5, 0.6) is 0 Å². The van der Waals surface area contributed by atoms with Crippen molar-refractivity contribution in [3.63, 3.8) is 0 Å². The van der Waals surface area contributed by atoms with Gasteiger partial charge in [0.25, 0.3) is 0 Å². The first-order chi connectivity index (χ1) is 7.44. The van der Waals surface area contributed by atoms with Crippen LogP contribution >= 0.6 is 10.8 Å². The predicted octanol–water partition coefficient (Wildman–Crippen LogP) is 1.07. The van der Waals surface area contributed by atoms with Gasteiger partial charge in [-0.25, -0.2) is 0 Å². The van der Waals surface area contributed by atoms with Crippen LogP contribution in [0.4, 0.5) is 0 Å². The molecule has 0 aromatic rings. The van der Waals surface area contributed by atoms with Crippen molar-refractivity contribution in [3.8, 4) is 0 Å². The molecule has 0 unspecified atom stereocenters. The molecule has 2 fully saturated rings. The van der Waals surface area contributed by atoms with Gasteiger partial charge in [-0.1, -0.05) is 6.42 Å². The molecule has 92 valence electrons. The van der Waals surface area contributed by atoms with E-state index in [4.69, 9.17) is 10.3 Å². The lowest BCUT2D eigenvalue weighted by atomic mass is 9.96. The van der Waals surface area contributed by atoms with E-state index in [2.05, 4.69) is 4.99 Å². The van der Waals surface area contributed by atoms with Gasteiger partial charge in [0.1, 0.15) is 5.84 Å². The molecule has 2 aliphatic carbocycles. The molecule has 0 amide bonds. The maximum absolute atomic E-state index is 10.5. The Morgan fingerprint density at radius 3 is 2.69 bits per heavy atom. The number of hydrogen-bond donors (Lipinski definition) is 2. The molecule has 2 bridgehead atoms. The van der Waals surface area contributed by atoms with Crippen LogP contribution in [0.2, 0.25) is 0 Å². The lowest BCUT2D eigenvalue weighted by Crippen LogP contribution is -2.23. The van der Waals surface area contributed by atoms with Crippen molar-refractivity contribution in [2.75, 3.05) is 5.75 Å². The minimum atomic E-state index is -4.01. The molecule has 0 aromatic carbocycles. The topological polar surface area (TPSA) is 92.8 Å². The Labute approximate surface area is 99.0 Å². The molecule has 2 saturated carbocycles. The molecule has 0 radical (unpaired) electrons. The predicted molar refractivity (Wildman–Crippen MR) is 64.9 cm³/mol. The van der Waals surface area contributed by atoms with Crippen molar-refractivity contribution in [2.24, 2.45) is 22.6 Å². The van der Waals surface area contributed by atoms with Crippen LogP contribution in [0.1, 0.15) is 25.7 Å². The van der Waals surface area contributed by atoms with E-state index in [9.17, 15) is 8.42 Å². The fourth-order valence-electron chi connectivity index (χ4n) is 2.75. The molecule has 2 aliphatic rings.